The van der Waals surface area contributed by atoms with Crippen LogP contribution in [0.25, 0.3) is 38.8 Å². The predicted molar refractivity (Wildman–Crippen MR) is 112 cm³/mol. The molecular weight excluding hydrogens is 332 g/mol. The van der Waals surface area contributed by atoms with Gasteiger partial charge >= 0.3 is 0 Å². The van der Waals surface area contributed by atoms with Crippen LogP contribution in [-0.4, -0.2) is 9.97 Å². The maximum atomic E-state index is 6.03. The van der Waals surface area contributed by atoms with Crippen molar-refractivity contribution in [3.63, 3.8) is 0 Å². The number of aromatic amines is 2. The van der Waals surface area contributed by atoms with E-state index in [0.717, 1.165) is 39.1 Å². The lowest BCUT2D eigenvalue weighted by atomic mass is 10.1. The first kappa shape index (κ1) is 15.5. The van der Waals surface area contributed by atoms with Crippen LogP contribution in [0.15, 0.2) is 91.5 Å². The van der Waals surface area contributed by atoms with E-state index in [1.165, 1.54) is 5.39 Å². The highest BCUT2D eigenvalue weighted by Crippen LogP contribution is 2.29. The van der Waals surface area contributed by atoms with Gasteiger partial charge in [0, 0.05) is 33.1 Å². The van der Waals surface area contributed by atoms with Gasteiger partial charge in [-0.05, 0) is 36.4 Å². The Hall–Kier alpha value is -3.72. The molecule has 0 aliphatic rings. The Morgan fingerprint density at radius 1 is 0.704 bits per heavy atom. The number of ether oxygens (including phenoxy) is 1. The third kappa shape index (κ3) is 2.89. The summed E-state index contributed by atoms with van der Waals surface area (Å²) in [7, 11) is 0. The van der Waals surface area contributed by atoms with Crippen LogP contribution in [0.5, 0.6) is 5.75 Å². The highest BCUT2D eigenvalue weighted by atomic mass is 16.5. The number of rotatable bonds is 4. The molecule has 0 radical (unpaired) electrons. The lowest BCUT2D eigenvalue weighted by Crippen LogP contribution is -1.93. The van der Waals surface area contributed by atoms with Gasteiger partial charge in [0.05, 0.1) is 5.69 Å². The summed E-state index contributed by atoms with van der Waals surface area (Å²) in [5, 5.41) is 2.34. The van der Waals surface area contributed by atoms with Crippen molar-refractivity contribution in [3.05, 3.63) is 97.2 Å². The van der Waals surface area contributed by atoms with Crippen molar-refractivity contribution < 1.29 is 4.74 Å². The second-order valence-electron chi connectivity index (χ2n) is 6.59. The Bertz CT molecular complexity index is 1210. The Morgan fingerprint density at radius 2 is 1.41 bits per heavy atom. The summed E-state index contributed by atoms with van der Waals surface area (Å²) in [5.74, 6) is 1.36. The van der Waals surface area contributed by atoms with Gasteiger partial charge in [-0.3, -0.25) is 0 Å². The molecule has 0 spiro atoms. The van der Waals surface area contributed by atoms with E-state index < -0.39 is 0 Å². The van der Waals surface area contributed by atoms with E-state index in [0.29, 0.717) is 5.76 Å². The van der Waals surface area contributed by atoms with E-state index in [1.54, 1.807) is 0 Å². The van der Waals surface area contributed by atoms with E-state index in [4.69, 9.17) is 4.74 Å². The zero-order chi connectivity index (χ0) is 18.2. The summed E-state index contributed by atoms with van der Waals surface area (Å²) >= 11 is 0. The Morgan fingerprint density at radius 3 is 2.15 bits per heavy atom. The molecule has 27 heavy (non-hydrogen) atoms. The zero-order valence-corrected chi connectivity index (χ0v) is 14.7. The van der Waals surface area contributed by atoms with Crippen molar-refractivity contribution >= 4 is 27.6 Å². The van der Waals surface area contributed by atoms with Gasteiger partial charge in [0.25, 0.3) is 0 Å². The molecule has 0 unspecified atom stereocenters. The van der Waals surface area contributed by atoms with Crippen molar-refractivity contribution in [1.82, 2.24) is 9.97 Å². The van der Waals surface area contributed by atoms with E-state index in [2.05, 4.69) is 52.9 Å². The predicted octanol–water partition coefficient (Wildman–Crippen LogP) is 6.37. The van der Waals surface area contributed by atoms with Gasteiger partial charge in [-0.15, -0.1) is 0 Å². The van der Waals surface area contributed by atoms with Crippen LogP contribution < -0.4 is 4.74 Å². The zero-order valence-electron chi connectivity index (χ0n) is 14.7. The van der Waals surface area contributed by atoms with E-state index in [-0.39, 0.29) is 0 Å². The summed E-state index contributed by atoms with van der Waals surface area (Å²) < 4.78 is 6.03. The molecule has 2 aromatic heterocycles. The molecule has 3 nitrogen and oxygen atoms in total. The number of hydrogen-bond donors (Lipinski definition) is 2. The quantitative estimate of drug-likeness (QED) is 0.363. The summed E-state index contributed by atoms with van der Waals surface area (Å²) in [5.41, 5.74) is 5.23. The molecule has 0 amide bonds. The fourth-order valence-corrected chi connectivity index (χ4v) is 3.38. The fraction of sp³-hybridized carbons (Fsp3) is 0. The highest BCUT2D eigenvalue weighted by molar-refractivity contribution is 5.86. The summed E-state index contributed by atoms with van der Waals surface area (Å²) in [4.78, 5) is 6.81. The lowest BCUT2D eigenvalue weighted by Gasteiger charge is -2.08. The molecule has 0 fully saturated rings. The van der Waals surface area contributed by atoms with Crippen LogP contribution in [0.1, 0.15) is 5.69 Å². The summed E-state index contributed by atoms with van der Waals surface area (Å²) in [6, 6.07) is 28.7. The van der Waals surface area contributed by atoms with Crippen LogP contribution in [0, 0.1) is 0 Å². The van der Waals surface area contributed by atoms with Gasteiger partial charge < -0.3 is 14.7 Å². The van der Waals surface area contributed by atoms with Gasteiger partial charge in [0.2, 0.25) is 0 Å². The number of benzene rings is 3. The largest absolute Gasteiger partial charge is 0.456 e. The topological polar surface area (TPSA) is 40.8 Å². The van der Waals surface area contributed by atoms with Gasteiger partial charge in [-0.25, -0.2) is 0 Å². The minimum atomic E-state index is 0.597. The first-order chi connectivity index (χ1) is 13.3. The average molecular weight is 350 g/mol. The molecule has 2 N–H and O–H groups in total. The van der Waals surface area contributed by atoms with Crippen molar-refractivity contribution in [2.45, 2.75) is 0 Å². The molecule has 0 saturated carbocycles. The van der Waals surface area contributed by atoms with Crippen molar-refractivity contribution in [3.8, 4) is 17.0 Å². The third-order valence-corrected chi connectivity index (χ3v) is 4.75. The lowest BCUT2D eigenvalue weighted by molar-refractivity contribution is 0.515. The molecule has 2 heterocycles. The molecule has 5 rings (SSSR count). The smallest absolute Gasteiger partial charge is 0.143 e. The molecule has 0 bridgehead atoms. The molecule has 3 aromatic carbocycles. The molecule has 130 valence electrons. The van der Waals surface area contributed by atoms with Crippen LogP contribution in [-0.2, 0) is 0 Å². The second kappa shape index (κ2) is 6.22. The minimum absolute atomic E-state index is 0.597. The number of para-hydroxylation sites is 2. The van der Waals surface area contributed by atoms with Gasteiger partial charge in [-0.2, -0.15) is 0 Å². The third-order valence-electron chi connectivity index (χ3n) is 4.75. The Kier molecular flexibility index (Phi) is 3.58. The van der Waals surface area contributed by atoms with E-state index in [1.807, 2.05) is 48.5 Å². The van der Waals surface area contributed by atoms with Crippen molar-refractivity contribution in [2.75, 3.05) is 0 Å². The maximum absolute atomic E-state index is 6.03. The molecule has 0 atom stereocenters. The highest BCUT2D eigenvalue weighted by Gasteiger charge is 2.08. The maximum Gasteiger partial charge on any atom is 0.143 e. The van der Waals surface area contributed by atoms with Crippen LogP contribution >= 0.6 is 0 Å². The first-order valence-corrected chi connectivity index (χ1v) is 8.89. The summed E-state index contributed by atoms with van der Waals surface area (Å²) in [6.45, 7) is 4.09. The van der Waals surface area contributed by atoms with Crippen LogP contribution in [0.3, 0.4) is 0 Å². The number of aromatic nitrogens is 2. The van der Waals surface area contributed by atoms with Crippen LogP contribution in [0.2, 0.25) is 0 Å². The fourth-order valence-electron chi connectivity index (χ4n) is 3.38. The number of hydrogen-bond acceptors (Lipinski definition) is 1. The van der Waals surface area contributed by atoms with Crippen LogP contribution in [0.4, 0.5) is 0 Å². The van der Waals surface area contributed by atoms with E-state index in [9.17, 15) is 0 Å². The van der Waals surface area contributed by atoms with Gasteiger partial charge in [-0.1, -0.05) is 55.1 Å². The standard InChI is InChI=1S/C24H18N2O/c1-16(23-14-18-7-2-4-11-21(18)25-23)27-20-10-6-9-17(13-20)24-15-19-8-3-5-12-22(19)26-24/h2-15,25-26H,1H2. The SMILES string of the molecule is C=C(Oc1cccc(-c2cc3ccccc3[nH]2)c1)c1cc2ccccc2[nH]1. The number of H-pyrrole nitrogens is 2. The number of fused-ring (bicyclic) bond motifs is 2. The van der Waals surface area contributed by atoms with E-state index >= 15 is 0 Å². The molecule has 0 saturated heterocycles. The van der Waals surface area contributed by atoms with Crippen molar-refractivity contribution in [2.24, 2.45) is 0 Å². The minimum Gasteiger partial charge on any atom is -0.456 e. The Labute approximate surface area is 156 Å². The first-order valence-electron chi connectivity index (χ1n) is 8.89. The molecule has 5 aromatic rings. The molecule has 0 aliphatic carbocycles. The molecule has 3 heteroatoms. The average Bonchev–Trinajstić information content (AvgIpc) is 3.32. The Balaban J connectivity index is 1.43. The molecular formula is C24H18N2O. The van der Waals surface area contributed by atoms with Crippen molar-refractivity contribution in [1.29, 1.82) is 0 Å². The normalized spacial score (nSPS) is 11.1. The second-order valence-corrected chi connectivity index (χ2v) is 6.59. The number of nitrogens with one attached hydrogen (secondary N) is 2. The summed E-state index contributed by atoms with van der Waals surface area (Å²) in [6.07, 6.45) is 0. The monoisotopic (exact) mass is 350 g/mol. The van der Waals surface area contributed by atoms with Gasteiger partial charge in [0.1, 0.15) is 11.5 Å². The molecule has 0 aliphatic heterocycles. The van der Waals surface area contributed by atoms with Gasteiger partial charge in [0.15, 0.2) is 0 Å².